The number of carbonyl (C=O) groups is 2. The molecule has 3 N–H and O–H groups in total. The molecule has 1 atom stereocenters. The molecule has 88 valence electrons. The molecule has 1 rings (SSSR count). The largest absolute Gasteiger partial charge is 0.463 e. The van der Waals surface area contributed by atoms with Gasteiger partial charge in [0.15, 0.2) is 0 Å². The minimum absolute atomic E-state index is 0.131. The molecule has 0 saturated carbocycles. The summed E-state index contributed by atoms with van der Waals surface area (Å²) in [5.74, 6) is -0.872. The third-order valence-electron chi connectivity index (χ3n) is 2.14. The van der Waals surface area contributed by atoms with Crippen LogP contribution in [-0.2, 0) is 16.1 Å². The lowest BCUT2D eigenvalue weighted by Gasteiger charge is -2.09. The van der Waals surface area contributed by atoms with Gasteiger partial charge in [0.2, 0.25) is 11.7 Å². The van der Waals surface area contributed by atoms with Crippen molar-refractivity contribution in [3.05, 3.63) is 23.7 Å². The summed E-state index contributed by atoms with van der Waals surface area (Å²) in [4.78, 5) is 22.0. The quantitative estimate of drug-likeness (QED) is 0.691. The van der Waals surface area contributed by atoms with Crippen molar-refractivity contribution in [2.45, 2.75) is 19.5 Å². The van der Waals surface area contributed by atoms with Gasteiger partial charge in [-0.05, 0) is 13.0 Å². The number of esters is 1. The average Bonchev–Trinajstić information content (AvgIpc) is 2.72. The first-order valence-electron chi connectivity index (χ1n) is 4.73. The molecule has 1 amide bonds. The van der Waals surface area contributed by atoms with Crippen LogP contribution in [0.15, 0.2) is 16.7 Å². The molecule has 0 saturated heterocycles. The van der Waals surface area contributed by atoms with Crippen LogP contribution in [0.3, 0.4) is 0 Å². The number of methoxy groups -OCH3 is 1. The lowest BCUT2D eigenvalue weighted by atomic mass is 10.2. The summed E-state index contributed by atoms with van der Waals surface area (Å²) in [6.07, 6.45) is 1.39. The van der Waals surface area contributed by atoms with Gasteiger partial charge in [-0.1, -0.05) is 0 Å². The summed E-state index contributed by atoms with van der Waals surface area (Å²) in [6.45, 7) is 1.95. The fourth-order valence-corrected chi connectivity index (χ4v) is 1.11. The Bertz CT molecular complexity index is 386. The van der Waals surface area contributed by atoms with E-state index in [1.54, 1.807) is 13.0 Å². The van der Waals surface area contributed by atoms with Crippen LogP contribution in [0.5, 0.6) is 0 Å². The molecule has 0 aromatic carbocycles. The Balaban J connectivity index is 2.64. The zero-order valence-electron chi connectivity index (χ0n) is 9.15. The van der Waals surface area contributed by atoms with Crippen LogP contribution >= 0.6 is 0 Å². The standard InChI is InChI=1S/C10H14N2O4/c1-6(9(11)13)12-5-7-3-4-16-8(7)10(14)15-2/h3-4,6,12H,5H2,1-2H3,(H2,11,13)/t6-/m0/s1. The van der Waals surface area contributed by atoms with Gasteiger partial charge < -0.3 is 20.2 Å². The number of primary amides is 1. The van der Waals surface area contributed by atoms with Gasteiger partial charge in [-0.15, -0.1) is 0 Å². The van der Waals surface area contributed by atoms with Gasteiger partial charge in [0.25, 0.3) is 0 Å². The van der Waals surface area contributed by atoms with Crippen LogP contribution in [0.25, 0.3) is 0 Å². The Morgan fingerprint density at radius 1 is 1.62 bits per heavy atom. The maximum atomic E-state index is 11.2. The Hall–Kier alpha value is -1.82. The summed E-state index contributed by atoms with van der Waals surface area (Å²) in [6, 6.07) is 1.16. The minimum Gasteiger partial charge on any atom is -0.463 e. The number of ether oxygens (including phenoxy) is 1. The molecule has 0 bridgehead atoms. The van der Waals surface area contributed by atoms with Crippen molar-refractivity contribution in [1.29, 1.82) is 0 Å². The number of furan rings is 1. The Morgan fingerprint density at radius 2 is 2.31 bits per heavy atom. The first-order chi connectivity index (χ1) is 7.56. The van der Waals surface area contributed by atoms with E-state index >= 15 is 0 Å². The van der Waals surface area contributed by atoms with Gasteiger partial charge in [-0.3, -0.25) is 4.79 Å². The predicted octanol–water partition coefficient (Wildman–Crippen LogP) is 0.0296. The maximum Gasteiger partial charge on any atom is 0.374 e. The highest BCUT2D eigenvalue weighted by Crippen LogP contribution is 2.11. The Labute approximate surface area is 92.7 Å². The average molecular weight is 226 g/mol. The van der Waals surface area contributed by atoms with Gasteiger partial charge in [-0.25, -0.2) is 4.79 Å². The van der Waals surface area contributed by atoms with E-state index < -0.39 is 17.9 Å². The number of hydrogen-bond acceptors (Lipinski definition) is 5. The zero-order valence-corrected chi connectivity index (χ0v) is 9.15. The Morgan fingerprint density at radius 3 is 2.88 bits per heavy atom. The molecule has 0 aliphatic rings. The highest BCUT2D eigenvalue weighted by atomic mass is 16.5. The molecule has 1 aromatic rings. The summed E-state index contributed by atoms with van der Waals surface area (Å²) >= 11 is 0. The second kappa shape index (κ2) is 5.32. The van der Waals surface area contributed by atoms with Crippen molar-refractivity contribution < 1.29 is 18.7 Å². The van der Waals surface area contributed by atoms with Crippen LogP contribution < -0.4 is 11.1 Å². The van der Waals surface area contributed by atoms with Crippen molar-refractivity contribution in [2.24, 2.45) is 5.73 Å². The van der Waals surface area contributed by atoms with E-state index in [4.69, 9.17) is 10.2 Å². The topological polar surface area (TPSA) is 94.6 Å². The smallest absolute Gasteiger partial charge is 0.374 e. The molecule has 6 nitrogen and oxygen atoms in total. The number of rotatable bonds is 5. The highest BCUT2D eigenvalue weighted by molar-refractivity contribution is 5.87. The molecule has 0 unspecified atom stereocenters. The number of nitrogens with one attached hydrogen (secondary N) is 1. The summed E-state index contributed by atoms with van der Waals surface area (Å²) in [5.41, 5.74) is 5.71. The SMILES string of the molecule is COC(=O)c1occc1CN[C@@H](C)C(N)=O. The molecule has 1 aromatic heterocycles. The van der Waals surface area contributed by atoms with E-state index in [-0.39, 0.29) is 5.76 Å². The van der Waals surface area contributed by atoms with Crippen molar-refractivity contribution in [3.63, 3.8) is 0 Å². The number of amides is 1. The molecular formula is C10H14N2O4. The fraction of sp³-hybridized carbons (Fsp3) is 0.400. The predicted molar refractivity (Wildman–Crippen MR) is 55.5 cm³/mol. The second-order valence-corrected chi connectivity index (χ2v) is 3.27. The molecule has 0 aliphatic heterocycles. The zero-order chi connectivity index (χ0) is 12.1. The van der Waals surface area contributed by atoms with Crippen molar-refractivity contribution in [1.82, 2.24) is 5.32 Å². The normalized spacial score (nSPS) is 12.1. The van der Waals surface area contributed by atoms with E-state index in [0.717, 1.165) is 0 Å². The van der Waals surface area contributed by atoms with Crippen molar-refractivity contribution in [3.8, 4) is 0 Å². The van der Waals surface area contributed by atoms with Crippen LogP contribution in [0.1, 0.15) is 23.0 Å². The van der Waals surface area contributed by atoms with E-state index in [1.165, 1.54) is 13.4 Å². The van der Waals surface area contributed by atoms with Gasteiger partial charge in [0, 0.05) is 12.1 Å². The van der Waals surface area contributed by atoms with Gasteiger partial charge in [0.05, 0.1) is 19.4 Å². The molecule has 6 heteroatoms. The van der Waals surface area contributed by atoms with Crippen molar-refractivity contribution >= 4 is 11.9 Å². The van der Waals surface area contributed by atoms with Crippen LogP contribution in [0.4, 0.5) is 0 Å². The lowest BCUT2D eigenvalue weighted by molar-refractivity contribution is -0.119. The van der Waals surface area contributed by atoms with E-state index in [9.17, 15) is 9.59 Å². The first kappa shape index (κ1) is 12.3. The molecule has 0 spiro atoms. The number of nitrogens with two attached hydrogens (primary N) is 1. The van der Waals surface area contributed by atoms with Gasteiger partial charge in [-0.2, -0.15) is 0 Å². The lowest BCUT2D eigenvalue weighted by Crippen LogP contribution is -2.38. The monoisotopic (exact) mass is 226 g/mol. The van der Waals surface area contributed by atoms with Crippen LogP contribution in [0, 0.1) is 0 Å². The molecule has 0 radical (unpaired) electrons. The molecular weight excluding hydrogens is 212 g/mol. The first-order valence-corrected chi connectivity index (χ1v) is 4.73. The van der Waals surface area contributed by atoms with E-state index in [2.05, 4.69) is 10.1 Å². The second-order valence-electron chi connectivity index (χ2n) is 3.27. The summed E-state index contributed by atoms with van der Waals surface area (Å²) in [7, 11) is 1.27. The van der Waals surface area contributed by atoms with E-state index in [1.807, 2.05) is 0 Å². The maximum absolute atomic E-state index is 11.2. The third-order valence-corrected chi connectivity index (χ3v) is 2.14. The fourth-order valence-electron chi connectivity index (χ4n) is 1.11. The summed E-state index contributed by atoms with van der Waals surface area (Å²) in [5, 5.41) is 2.86. The van der Waals surface area contributed by atoms with Crippen LogP contribution in [-0.4, -0.2) is 25.0 Å². The Kier molecular flexibility index (Phi) is 4.07. The third kappa shape index (κ3) is 2.83. The van der Waals surface area contributed by atoms with Gasteiger partial charge >= 0.3 is 5.97 Å². The van der Waals surface area contributed by atoms with Crippen LogP contribution in [0.2, 0.25) is 0 Å². The molecule has 16 heavy (non-hydrogen) atoms. The highest BCUT2D eigenvalue weighted by Gasteiger charge is 2.16. The molecule has 0 fully saturated rings. The van der Waals surface area contributed by atoms with E-state index in [0.29, 0.717) is 12.1 Å². The van der Waals surface area contributed by atoms with Crippen molar-refractivity contribution in [2.75, 3.05) is 7.11 Å². The summed E-state index contributed by atoms with van der Waals surface area (Å²) < 4.78 is 9.52. The minimum atomic E-state index is -0.548. The number of hydrogen-bond donors (Lipinski definition) is 2. The molecule has 1 heterocycles. The molecule has 0 aliphatic carbocycles. The van der Waals surface area contributed by atoms with Gasteiger partial charge in [0.1, 0.15) is 0 Å². The number of carbonyl (C=O) groups excluding carboxylic acids is 2.